The third kappa shape index (κ3) is 3.11. The van der Waals surface area contributed by atoms with Crippen LogP contribution in [0.15, 0.2) is 35.4 Å². The fraction of sp³-hybridized carbons (Fsp3) is 0.438. The molecule has 1 saturated heterocycles. The summed E-state index contributed by atoms with van der Waals surface area (Å²) in [5.41, 5.74) is 0.188. The molecule has 0 bridgehead atoms. The Labute approximate surface area is 133 Å². The minimum absolute atomic E-state index is 0.0403. The van der Waals surface area contributed by atoms with Crippen LogP contribution in [-0.4, -0.2) is 59.1 Å². The number of likely N-dealkylation sites (N-methyl/N-ethyl adjacent to an activating group) is 1. The van der Waals surface area contributed by atoms with E-state index in [0.29, 0.717) is 18.8 Å². The maximum Gasteiger partial charge on any atom is 0.270 e. The molecule has 0 aliphatic carbocycles. The van der Waals surface area contributed by atoms with Crippen molar-refractivity contribution in [3.05, 3.63) is 46.5 Å². The molecule has 0 radical (unpaired) electrons. The van der Waals surface area contributed by atoms with E-state index >= 15 is 0 Å². The number of hydrogen-bond acceptors (Lipinski definition) is 5. The second kappa shape index (κ2) is 6.47. The zero-order chi connectivity index (χ0) is 16.4. The quantitative estimate of drug-likeness (QED) is 0.868. The standard InChI is InChI=1S/C16H20N4O3/c1-3-23-13-10-19(2)9-12(13)18-15(21)11-8-17-14-6-4-5-7-20(14)16(11)22/h4-8,12-13H,3,9-10H2,1-2H3,(H,18,21)/t12-,13-/m0/s1. The van der Waals surface area contributed by atoms with E-state index in [1.165, 1.54) is 10.6 Å². The summed E-state index contributed by atoms with van der Waals surface area (Å²) in [5.74, 6) is -0.411. The summed E-state index contributed by atoms with van der Waals surface area (Å²) in [5, 5.41) is 2.91. The van der Waals surface area contributed by atoms with Gasteiger partial charge in [0.2, 0.25) is 0 Å². The number of pyridine rings is 1. The summed E-state index contributed by atoms with van der Waals surface area (Å²) in [6.45, 7) is 3.97. The van der Waals surface area contributed by atoms with Crippen LogP contribution in [0.25, 0.3) is 5.65 Å². The van der Waals surface area contributed by atoms with E-state index in [1.54, 1.807) is 24.4 Å². The van der Waals surface area contributed by atoms with Gasteiger partial charge in [-0.3, -0.25) is 14.0 Å². The molecule has 7 heteroatoms. The lowest BCUT2D eigenvalue weighted by Crippen LogP contribution is -2.45. The van der Waals surface area contributed by atoms with E-state index in [2.05, 4.69) is 15.2 Å². The Morgan fingerprint density at radius 1 is 1.43 bits per heavy atom. The zero-order valence-electron chi connectivity index (χ0n) is 13.2. The van der Waals surface area contributed by atoms with E-state index in [1.807, 2.05) is 14.0 Å². The van der Waals surface area contributed by atoms with Crippen LogP contribution in [0.5, 0.6) is 0 Å². The van der Waals surface area contributed by atoms with Gasteiger partial charge < -0.3 is 15.0 Å². The van der Waals surface area contributed by atoms with E-state index in [-0.39, 0.29) is 23.3 Å². The van der Waals surface area contributed by atoms with Gasteiger partial charge in [0.25, 0.3) is 11.5 Å². The molecular formula is C16H20N4O3. The maximum atomic E-state index is 12.5. The van der Waals surface area contributed by atoms with Gasteiger partial charge in [-0.25, -0.2) is 4.98 Å². The normalized spacial score (nSPS) is 21.7. The Balaban J connectivity index is 1.83. The predicted molar refractivity (Wildman–Crippen MR) is 85.6 cm³/mol. The molecule has 3 heterocycles. The average Bonchev–Trinajstić information content (AvgIpc) is 2.87. The second-order valence-electron chi connectivity index (χ2n) is 5.70. The monoisotopic (exact) mass is 316 g/mol. The van der Waals surface area contributed by atoms with Gasteiger partial charge in [-0.05, 0) is 26.1 Å². The van der Waals surface area contributed by atoms with Gasteiger partial charge in [0.15, 0.2) is 0 Å². The van der Waals surface area contributed by atoms with Crippen LogP contribution in [-0.2, 0) is 4.74 Å². The molecule has 2 atom stereocenters. The average molecular weight is 316 g/mol. The van der Waals surface area contributed by atoms with Crippen LogP contribution in [0.4, 0.5) is 0 Å². The smallest absolute Gasteiger partial charge is 0.270 e. The van der Waals surface area contributed by atoms with Crippen molar-refractivity contribution in [1.82, 2.24) is 19.6 Å². The molecule has 1 fully saturated rings. The van der Waals surface area contributed by atoms with Gasteiger partial charge in [-0.1, -0.05) is 6.07 Å². The molecule has 1 aliphatic heterocycles. The largest absolute Gasteiger partial charge is 0.375 e. The van der Waals surface area contributed by atoms with Crippen molar-refractivity contribution >= 4 is 11.6 Å². The Kier molecular flexibility index (Phi) is 4.40. The Morgan fingerprint density at radius 3 is 3.04 bits per heavy atom. The third-order valence-corrected chi connectivity index (χ3v) is 4.00. The minimum atomic E-state index is -0.411. The lowest BCUT2D eigenvalue weighted by molar-refractivity contribution is 0.0513. The highest BCUT2D eigenvalue weighted by Gasteiger charge is 2.33. The molecule has 0 spiro atoms. The van der Waals surface area contributed by atoms with Crippen molar-refractivity contribution < 1.29 is 9.53 Å². The summed E-state index contributed by atoms with van der Waals surface area (Å²) in [7, 11) is 1.98. The fourth-order valence-corrected chi connectivity index (χ4v) is 2.91. The molecule has 2 aromatic heterocycles. The Hall–Kier alpha value is -2.25. The lowest BCUT2D eigenvalue weighted by atomic mass is 10.2. The van der Waals surface area contributed by atoms with Crippen LogP contribution < -0.4 is 10.9 Å². The highest BCUT2D eigenvalue weighted by molar-refractivity contribution is 5.94. The molecule has 3 rings (SSSR count). The van der Waals surface area contributed by atoms with E-state index in [4.69, 9.17) is 4.74 Å². The van der Waals surface area contributed by atoms with E-state index < -0.39 is 5.91 Å². The molecule has 7 nitrogen and oxygen atoms in total. The van der Waals surface area contributed by atoms with Crippen molar-refractivity contribution in [3.8, 4) is 0 Å². The van der Waals surface area contributed by atoms with Crippen LogP contribution >= 0.6 is 0 Å². The Bertz CT molecular complexity index is 773. The van der Waals surface area contributed by atoms with Crippen LogP contribution in [0.3, 0.4) is 0 Å². The molecular weight excluding hydrogens is 296 g/mol. The van der Waals surface area contributed by atoms with Gasteiger partial charge in [0, 0.05) is 32.1 Å². The number of fused-ring (bicyclic) bond motifs is 1. The van der Waals surface area contributed by atoms with Crippen molar-refractivity contribution in [2.45, 2.75) is 19.1 Å². The summed E-state index contributed by atoms with van der Waals surface area (Å²) >= 11 is 0. The molecule has 1 aliphatic rings. The van der Waals surface area contributed by atoms with Gasteiger partial charge in [-0.15, -0.1) is 0 Å². The van der Waals surface area contributed by atoms with Gasteiger partial charge in [0.1, 0.15) is 11.2 Å². The number of hydrogen-bond donors (Lipinski definition) is 1. The summed E-state index contributed by atoms with van der Waals surface area (Å²) in [6.07, 6.45) is 2.87. The van der Waals surface area contributed by atoms with Gasteiger partial charge >= 0.3 is 0 Å². The van der Waals surface area contributed by atoms with Crippen molar-refractivity contribution in [3.63, 3.8) is 0 Å². The van der Waals surface area contributed by atoms with Crippen LogP contribution in [0.2, 0.25) is 0 Å². The first-order valence-electron chi connectivity index (χ1n) is 7.67. The SMILES string of the molecule is CCO[C@H]1CN(C)C[C@@H]1NC(=O)c1cnc2ccccn2c1=O. The number of nitrogens with one attached hydrogen (secondary N) is 1. The highest BCUT2D eigenvalue weighted by Crippen LogP contribution is 2.12. The Morgan fingerprint density at radius 2 is 2.26 bits per heavy atom. The fourth-order valence-electron chi connectivity index (χ4n) is 2.91. The second-order valence-corrected chi connectivity index (χ2v) is 5.70. The number of nitrogens with zero attached hydrogens (tertiary/aromatic N) is 3. The van der Waals surface area contributed by atoms with Crippen molar-refractivity contribution in [2.75, 3.05) is 26.7 Å². The first-order valence-corrected chi connectivity index (χ1v) is 7.67. The topological polar surface area (TPSA) is 75.9 Å². The predicted octanol–water partition coefficient (Wildman–Crippen LogP) is 0.143. The maximum absolute atomic E-state index is 12.5. The zero-order valence-corrected chi connectivity index (χ0v) is 13.2. The number of rotatable bonds is 4. The first kappa shape index (κ1) is 15.6. The number of carbonyl (C=O) groups is 1. The molecule has 2 aromatic rings. The number of aromatic nitrogens is 2. The van der Waals surface area contributed by atoms with E-state index in [0.717, 1.165) is 6.54 Å². The molecule has 0 aromatic carbocycles. The number of carbonyl (C=O) groups excluding carboxylic acids is 1. The molecule has 23 heavy (non-hydrogen) atoms. The third-order valence-electron chi connectivity index (χ3n) is 4.00. The van der Waals surface area contributed by atoms with Crippen molar-refractivity contribution in [2.24, 2.45) is 0 Å². The van der Waals surface area contributed by atoms with E-state index in [9.17, 15) is 9.59 Å². The van der Waals surface area contributed by atoms with Gasteiger partial charge in [0.05, 0.1) is 12.1 Å². The molecule has 0 unspecified atom stereocenters. The van der Waals surface area contributed by atoms with Gasteiger partial charge in [-0.2, -0.15) is 0 Å². The summed E-state index contributed by atoms with van der Waals surface area (Å²) in [4.78, 5) is 31.2. The van der Waals surface area contributed by atoms with Crippen LogP contribution in [0, 0.1) is 0 Å². The molecule has 122 valence electrons. The molecule has 1 amide bonds. The number of likely N-dealkylation sites (tertiary alicyclic amines) is 1. The minimum Gasteiger partial charge on any atom is -0.375 e. The number of ether oxygens (including phenoxy) is 1. The van der Waals surface area contributed by atoms with Crippen molar-refractivity contribution in [1.29, 1.82) is 0 Å². The number of amides is 1. The first-order chi connectivity index (χ1) is 11.1. The lowest BCUT2D eigenvalue weighted by Gasteiger charge is -2.19. The van der Waals surface area contributed by atoms with Crippen LogP contribution in [0.1, 0.15) is 17.3 Å². The molecule has 1 N–H and O–H groups in total. The summed E-state index contributed by atoms with van der Waals surface area (Å²) < 4.78 is 7.04. The molecule has 0 saturated carbocycles. The summed E-state index contributed by atoms with van der Waals surface area (Å²) in [6, 6.07) is 5.11. The highest BCUT2D eigenvalue weighted by atomic mass is 16.5.